The highest BCUT2D eigenvalue weighted by Crippen LogP contribution is 2.23. The fourth-order valence-electron chi connectivity index (χ4n) is 2.15. The van der Waals surface area contributed by atoms with Crippen LogP contribution in [0.25, 0.3) is 0 Å². The van der Waals surface area contributed by atoms with Gasteiger partial charge in [-0.2, -0.15) is 0 Å². The molecule has 0 radical (unpaired) electrons. The van der Waals surface area contributed by atoms with E-state index in [0.717, 1.165) is 5.56 Å². The predicted molar refractivity (Wildman–Crippen MR) is 94.4 cm³/mol. The number of halogens is 2. The molecule has 0 atom stereocenters. The van der Waals surface area contributed by atoms with Gasteiger partial charge in [0.1, 0.15) is 5.75 Å². The predicted octanol–water partition coefficient (Wildman–Crippen LogP) is 4.07. The standard InChI is InChI=1S/C17H18Cl2N2O2/c1-21(10-12-6-7-15(18)16(19)8-12)11-17(22)20-13-4-3-5-14(9-13)23-2/h3-9H,10-11H2,1-2H3,(H,20,22). The van der Waals surface area contributed by atoms with Crippen LogP contribution in [-0.4, -0.2) is 31.5 Å². The van der Waals surface area contributed by atoms with Crippen molar-refractivity contribution in [3.63, 3.8) is 0 Å². The van der Waals surface area contributed by atoms with Crippen molar-refractivity contribution in [3.8, 4) is 5.75 Å². The van der Waals surface area contributed by atoms with Crippen molar-refractivity contribution >= 4 is 34.8 Å². The first-order valence-corrected chi connectivity index (χ1v) is 7.80. The minimum atomic E-state index is -0.0965. The van der Waals surface area contributed by atoms with Crippen molar-refractivity contribution in [1.29, 1.82) is 0 Å². The molecule has 2 rings (SSSR count). The third-order valence-electron chi connectivity index (χ3n) is 3.20. The first-order chi connectivity index (χ1) is 11.0. The first-order valence-electron chi connectivity index (χ1n) is 7.04. The number of nitrogens with zero attached hydrogens (tertiary/aromatic N) is 1. The Morgan fingerprint density at radius 3 is 2.65 bits per heavy atom. The Labute approximate surface area is 146 Å². The van der Waals surface area contributed by atoms with Gasteiger partial charge in [0.25, 0.3) is 0 Å². The summed E-state index contributed by atoms with van der Waals surface area (Å²) in [7, 11) is 3.46. The summed E-state index contributed by atoms with van der Waals surface area (Å²) in [6.45, 7) is 0.861. The fourth-order valence-corrected chi connectivity index (χ4v) is 2.47. The van der Waals surface area contributed by atoms with Crippen LogP contribution < -0.4 is 10.1 Å². The number of anilines is 1. The van der Waals surface area contributed by atoms with Gasteiger partial charge in [0.2, 0.25) is 5.91 Å². The minimum Gasteiger partial charge on any atom is -0.497 e. The topological polar surface area (TPSA) is 41.6 Å². The lowest BCUT2D eigenvalue weighted by molar-refractivity contribution is -0.117. The van der Waals surface area contributed by atoms with Gasteiger partial charge in [-0.1, -0.05) is 35.3 Å². The van der Waals surface area contributed by atoms with Crippen molar-refractivity contribution in [3.05, 3.63) is 58.1 Å². The van der Waals surface area contributed by atoms with Crippen molar-refractivity contribution in [2.45, 2.75) is 6.54 Å². The second-order valence-electron chi connectivity index (χ2n) is 5.20. The van der Waals surface area contributed by atoms with Crippen LogP contribution in [0.1, 0.15) is 5.56 Å². The molecular formula is C17H18Cl2N2O2. The molecule has 0 aromatic heterocycles. The Bertz CT molecular complexity index is 692. The number of carbonyl (C=O) groups is 1. The number of benzene rings is 2. The average Bonchev–Trinajstić information content (AvgIpc) is 2.51. The molecule has 1 N–H and O–H groups in total. The lowest BCUT2D eigenvalue weighted by Crippen LogP contribution is -2.29. The number of carbonyl (C=O) groups excluding carboxylic acids is 1. The highest BCUT2D eigenvalue weighted by atomic mass is 35.5. The van der Waals surface area contributed by atoms with Crippen LogP contribution in [0.4, 0.5) is 5.69 Å². The molecule has 2 aromatic rings. The first kappa shape index (κ1) is 17.6. The molecule has 2 aromatic carbocycles. The number of ether oxygens (including phenoxy) is 1. The van der Waals surface area contributed by atoms with Crippen molar-refractivity contribution in [1.82, 2.24) is 4.90 Å². The van der Waals surface area contributed by atoms with Crippen LogP contribution >= 0.6 is 23.2 Å². The lowest BCUT2D eigenvalue weighted by Gasteiger charge is -2.17. The van der Waals surface area contributed by atoms with Crippen LogP contribution in [0, 0.1) is 0 Å². The summed E-state index contributed by atoms with van der Waals surface area (Å²) < 4.78 is 5.13. The number of nitrogens with one attached hydrogen (secondary N) is 1. The molecule has 122 valence electrons. The maximum Gasteiger partial charge on any atom is 0.238 e. The summed E-state index contributed by atoms with van der Waals surface area (Å²) in [4.78, 5) is 14.0. The van der Waals surface area contributed by atoms with E-state index in [9.17, 15) is 4.79 Å². The summed E-state index contributed by atoms with van der Waals surface area (Å²) >= 11 is 11.9. The van der Waals surface area contributed by atoms with E-state index in [1.807, 2.05) is 36.2 Å². The van der Waals surface area contributed by atoms with Crippen molar-refractivity contribution in [2.75, 3.05) is 26.0 Å². The van der Waals surface area contributed by atoms with Crippen LogP contribution in [0.5, 0.6) is 5.75 Å². The maximum absolute atomic E-state index is 12.1. The summed E-state index contributed by atoms with van der Waals surface area (Å²) in [5, 5.41) is 3.88. The third-order valence-corrected chi connectivity index (χ3v) is 3.94. The molecule has 1 amide bonds. The number of hydrogen-bond donors (Lipinski definition) is 1. The zero-order valence-electron chi connectivity index (χ0n) is 13.0. The lowest BCUT2D eigenvalue weighted by atomic mass is 10.2. The molecule has 0 spiro atoms. The molecule has 0 aliphatic carbocycles. The van der Waals surface area contributed by atoms with E-state index < -0.39 is 0 Å². The van der Waals surface area contributed by atoms with E-state index in [4.69, 9.17) is 27.9 Å². The maximum atomic E-state index is 12.1. The van der Waals surface area contributed by atoms with Gasteiger partial charge in [-0.15, -0.1) is 0 Å². The molecule has 0 unspecified atom stereocenters. The Balaban J connectivity index is 1.90. The highest BCUT2D eigenvalue weighted by molar-refractivity contribution is 6.42. The van der Waals surface area contributed by atoms with Crippen LogP contribution in [0.15, 0.2) is 42.5 Å². The van der Waals surface area contributed by atoms with E-state index in [-0.39, 0.29) is 12.5 Å². The molecule has 0 aliphatic rings. The van der Waals surface area contributed by atoms with Gasteiger partial charge in [0, 0.05) is 18.3 Å². The summed E-state index contributed by atoms with van der Waals surface area (Å²) in [5.41, 5.74) is 1.70. The second-order valence-corrected chi connectivity index (χ2v) is 6.02. The quantitative estimate of drug-likeness (QED) is 0.851. The number of rotatable bonds is 6. The van der Waals surface area contributed by atoms with Gasteiger partial charge >= 0.3 is 0 Å². The Hall–Kier alpha value is -1.75. The van der Waals surface area contributed by atoms with Gasteiger partial charge < -0.3 is 10.1 Å². The SMILES string of the molecule is COc1cccc(NC(=O)CN(C)Cc2ccc(Cl)c(Cl)c2)c1. The molecular weight excluding hydrogens is 335 g/mol. The number of hydrogen-bond acceptors (Lipinski definition) is 3. The smallest absolute Gasteiger partial charge is 0.238 e. The number of likely N-dealkylation sites (N-methyl/N-ethyl adjacent to an activating group) is 1. The molecule has 23 heavy (non-hydrogen) atoms. The molecule has 0 fully saturated rings. The molecule has 4 nitrogen and oxygen atoms in total. The summed E-state index contributed by atoms with van der Waals surface area (Å²) in [5.74, 6) is 0.604. The molecule has 0 saturated carbocycles. The Kier molecular flexibility index (Phi) is 6.28. The van der Waals surface area contributed by atoms with Gasteiger partial charge in [0.15, 0.2) is 0 Å². The Morgan fingerprint density at radius 2 is 1.96 bits per heavy atom. The van der Waals surface area contributed by atoms with Crippen LogP contribution in [0.3, 0.4) is 0 Å². The van der Waals surface area contributed by atoms with Gasteiger partial charge in [-0.05, 0) is 36.9 Å². The van der Waals surface area contributed by atoms with Crippen molar-refractivity contribution < 1.29 is 9.53 Å². The number of methoxy groups -OCH3 is 1. The van der Waals surface area contributed by atoms with E-state index in [0.29, 0.717) is 28.0 Å². The minimum absolute atomic E-state index is 0.0965. The second kappa shape index (κ2) is 8.20. The molecule has 0 aliphatic heterocycles. The normalized spacial score (nSPS) is 10.7. The van der Waals surface area contributed by atoms with E-state index in [1.54, 1.807) is 25.3 Å². The molecule has 0 heterocycles. The summed E-state index contributed by atoms with van der Waals surface area (Å²) in [6.07, 6.45) is 0. The Morgan fingerprint density at radius 1 is 1.17 bits per heavy atom. The van der Waals surface area contributed by atoms with E-state index in [1.165, 1.54) is 0 Å². The van der Waals surface area contributed by atoms with Crippen molar-refractivity contribution in [2.24, 2.45) is 0 Å². The van der Waals surface area contributed by atoms with Crippen LogP contribution in [-0.2, 0) is 11.3 Å². The highest BCUT2D eigenvalue weighted by Gasteiger charge is 2.09. The molecule has 0 bridgehead atoms. The zero-order chi connectivity index (χ0) is 16.8. The molecule has 6 heteroatoms. The summed E-state index contributed by atoms with van der Waals surface area (Å²) in [6, 6.07) is 12.7. The van der Waals surface area contributed by atoms with Gasteiger partial charge in [-0.25, -0.2) is 0 Å². The van der Waals surface area contributed by atoms with Gasteiger partial charge in [0.05, 0.1) is 23.7 Å². The van der Waals surface area contributed by atoms with E-state index >= 15 is 0 Å². The van der Waals surface area contributed by atoms with E-state index in [2.05, 4.69) is 5.32 Å². The number of amides is 1. The van der Waals surface area contributed by atoms with Crippen LogP contribution in [0.2, 0.25) is 10.0 Å². The largest absolute Gasteiger partial charge is 0.497 e. The molecule has 0 saturated heterocycles. The average molecular weight is 353 g/mol. The fraction of sp³-hybridized carbons (Fsp3) is 0.235. The van der Waals surface area contributed by atoms with Gasteiger partial charge in [-0.3, -0.25) is 9.69 Å². The third kappa shape index (κ3) is 5.43. The zero-order valence-corrected chi connectivity index (χ0v) is 14.5. The monoisotopic (exact) mass is 352 g/mol.